The van der Waals surface area contributed by atoms with Crippen LogP contribution in [0, 0.1) is 5.92 Å². The molecule has 1 unspecified atom stereocenters. The van der Waals surface area contributed by atoms with E-state index >= 15 is 0 Å². The maximum atomic E-state index is 12.4. The number of nitrogens with zero attached hydrogens (tertiary/aromatic N) is 2. The van der Waals surface area contributed by atoms with Gasteiger partial charge >= 0.3 is 6.18 Å². The lowest BCUT2D eigenvalue weighted by Crippen LogP contribution is -2.16. The smallest absolute Gasteiger partial charge is 0.384 e. The second kappa shape index (κ2) is 5.20. The lowest BCUT2D eigenvalue weighted by molar-refractivity contribution is -0.144. The average molecular weight is 248 g/mol. The van der Waals surface area contributed by atoms with Gasteiger partial charge in [-0.05, 0) is 5.92 Å². The number of halogens is 3. The van der Waals surface area contributed by atoms with E-state index in [9.17, 15) is 13.2 Å². The number of hydrogen-bond acceptors (Lipinski definition) is 4. The Morgan fingerprint density at radius 2 is 2.06 bits per heavy atom. The van der Waals surface area contributed by atoms with Gasteiger partial charge in [-0.25, -0.2) is 9.97 Å². The number of rotatable bonds is 4. The van der Waals surface area contributed by atoms with Crippen LogP contribution in [-0.2, 0) is 6.18 Å². The second-order valence-corrected chi connectivity index (χ2v) is 3.89. The predicted octanol–water partition coefficient (Wildman–Crippen LogP) is 2.54. The molecule has 1 heterocycles. The van der Waals surface area contributed by atoms with E-state index in [1.165, 1.54) is 6.07 Å². The summed E-state index contributed by atoms with van der Waals surface area (Å²) in [5, 5.41) is 2.82. The van der Waals surface area contributed by atoms with Crippen LogP contribution in [0.3, 0.4) is 0 Å². The zero-order chi connectivity index (χ0) is 13.1. The van der Waals surface area contributed by atoms with Gasteiger partial charge in [0.15, 0.2) is 0 Å². The number of alkyl halides is 3. The van der Waals surface area contributed by atoms with Crippen molar-refractivity contribution in [2.75, 3.05) is 17.6 Å². The zero-order valence-electron chi connectivity index (χ0n) is 9.67. The van der Waals surface area contributed by atoms with Gasteiger partial charge in [-0.1, -0.05) is 20.3 Å². The molecule has 0 amide bonds. The molecule has 1 aromatic heterocycles. The highest BCUT2D eigenvalue weighted by atomic mass is 19.4. The first-order valence-corrected chi connectivity index (χ1v) is 5.28. The highest BCUT2D eigenvalue weighted by Crippen LogP contribution is 2.27. The van der Waals surface area contributed by atoms with Crippen LogP contribution in [0.25, 0.3) is 0 Å². The summed E-state index contributed by atoms with van der Waals surface area (Å²) in [7, 11) is 0. The quantitative estimate of drug-likeness (QED) is 0.859. The Hall–Kier alpha value is -1.53. The van der Waals surface area contributed by atoms with E-state index in [0.717, 1.165) is 6.42 Å². The number of anilines is 2. The molecular formula is C10H15F3N4. The number of nitrogen functional groups attached to an aromatic ring is 1. The van der Waals surface area contributed by atoms with Gasteiger partial charge < -0.3 is 11.1 Å². The van der Waals surface area contributed by atoms with E-state index in [-0.39, 0.29) is 11.6 Å². The third kappa shape index (κ3) is 4.08. The fourth-order valence-electron chi connectivity index (χ4n) is 1.11. The number of hydrogen-bond donors (Lipinski definition) is 2. The van der Waals surface area contributed by atoms with E-state index in [1.807, 2.05) is 13.8 Å². The second-order valence-electron chi connectivity index (χ2n) is 3.89. The van der Waals surface area contributed by atoms with Crippen molar-refractivity contribution < 1.29 is 13.2 Å². The Kier molecular flexibility index (Phi) is 4.14. The fraction of sp³-hybridized carbons (Fsp3) is 0.600. The van der Waals surface area contributed by atoms with Crippen molar-refractivity contribution in [2.45, 2.75) is 26.4 Å². The van der Waals surface area contributed by atoms with Crippen molar-refractivity contribution in [3.63, 3.8) is 0 Å². The van der Waals surface area contributed by atoms with Crippen LogP contribution in [0.1, 0.15) is 26.1 Å². The molecule has 0 aliphatic carbocycles. The Morgan fingerprint density at radius 1 is 1.41 bits per heavy atom. The van der Waals surface area contributed by atoms with Crippen LogP contribution in [0.2, 0.25) is 0 Å². The molecule has 0 saturated heterocycles. The fourth-order valence-corrected chi connectivity index (χ4v) is 1.11. The Balaban J connectivity index is 2.83. The topological polar surface area (TPSA) is 63.8 Å². The molecule has 1 atom stereocenters. The molecule has 17 heavy (non-hydrogen) atoms. The largest absolute Gasteiger partial charge is 0.451 e. The molecule has 0 bridgehead atoms. The van der Waals surface area contributed by atoms with Gasteiger partial charge in [-0.3, -0.25) is 0 Å². The minimum absolute atomic E-state index is 0.102. The van der Waals surface area contributed by atoms with Crippen molar-refractivity contribution in [1.82, 2.24) is 9.97 Å². The summed E-state index contributed by atoms with van der Waals surface area (Å²) in [6.45, 7) is 4.54. The first-order valence-electron chi connectivity index (χ1n) is 5.28. The molecule has 3 N–H and O–H groups in total. The van der Waals surface area contributed by atoms with E-state index in [1.54, 1.807) is 0 Å². The summed E-state index contributed by atoms with van der Waals surface area (Å²) in [6.07, 6.45) is -3.65. The highest BCUT2D eigenvalue weighted by Gasteiger charge is 2.35. The van der Waals surface area contributed by atoms with Gasteiger partial charge in [-0.2, -0.15) is 13.2 Å². The van der Waals surface area contributed by atoms with Crippen molar-refractivity contribution in [3.8, 4) is 0 Å². The van der Waals surface area contributed by atoms with E-state index in [2.05, 4.69) is 15.3 Å². The molecule has 0 fully saturated rings. The molecule has 0 aliphatic rings. The summed E-state index contributed by atoms with van der Waals surface area (Å²) in [6, 6.07) is 1.29. The van der Waals surface area contributed by atoms with Crippen molar-refractivity contribution in [2.24, 2.45) is 5.92 Å². The molecule has 0 saturated carbocycles. The maximum Gasteiger partial charge on any atom is 0.451 e. The third-order valence-electron chi connectivity index (χ3n) is 2.33. The van der Waals surface area contributed by atoms with Gasteiger partial charge in [0.1, 0.15) is 11.6 Å². The average Bonchev–Trinajstić information content (AvgIpc) is 2.24. The lowest BCUT2D eigenvalue weighted by atomic mass is 10.1. The van der Waals surface area contributed by atoms with Gasteiger partial charge in [-0.15, -0.1) is 0 Å². The van der Waals surface area contributed by atoms with Crippen LogP contribution in [-0.4, -0.2) is 16.5 Å². The first kappa shape index (κ1) is 13.5. The molecule has 0 aromatic carbocycles. The number of nitrogens with one attached hydrogen (secondary N) is 1. The summed E-state index contributed by atoms with van der Waals surface area (Å²) in [5.41, 5.74) is 5.30. The van der Waals surface area contributed by atoms with Crippen LogP contribution in [0.4, 0.5) is 24.8 Å². The molecule has 1 rings (SSSR count). The third-order valence-corrected chi connectivity index (χ3v) is 2.33. The molecular weight excluding hydrogens is 233 g/mol. The van der Waals surface area contributed by atoms with E-state index < -0.39 is 12.0 Å². The number of nitrogens with two attached hydrogens (primary N) is 1. The summed E-state index contributed by atoms with van der Waals surface area (Å²) in [5.74, 6) is -0.964. The summed E-state index contributed by atoms with van der Waals surface area (Å²) in [4.78, 5) is 6.54. The SMILES string of the molecule is CCC(C)CNc1cc(N)nc(C(F)(F)F)n1. The molecule has 7 heteroatoms. The molecule has 96 valence electrons. The minimum atomic E-state index is -4.58. The lowest BCUT2D eigenvalue weighted by Gasteiger charge is -2.12. The maximum absolute atomic E-state index is 12.4. The van der Waals surface area contributed by atoms with Crippen LogP contribution in [0.15, 0.2) is 6.07 Å². The molecule has 0 aliphatic heterocycles. The van der Waals surface area contributed by atoms with Crippen molar-refractivity contribution >= 4 is 11.6 Å². The molecule has 4 nitrogen and oxygen atoms in total. The Morgan fingerprint density at radius 3 is 2.59 bits per heavy atom. The van der Waals surface area contributed by atoms with Gasteiger partial charge in [0.25, 0.3) is 0 Å². The summed E-state index contributed by atoms with van der Waals surface area (Å²) < 4.78 is 37.2. The van der Waals surface area contributed by atoms with E-state index in [0.29, 0.717) is 12.5 Å². The minimum Gasteiger partial charge on any atom is -0.384 e. The van der Waals surface area contributed by atoms with Crippen LogP contribution < -0.4 is 11.1 Å². The van der Waals surface area contributed by atoms with Crippen LogP contribution in [0.5, 0.6) is 0 Å². The molecule has 0 spiro atoms. The monoisotopic (exact) mass is 248 g/mol. The van der Waals surface area contributed by atoms with Gasteiger partial charge in [0.05, 0.1) is 0 Å². The van der Waals surface area contributed by atoms with Crippen LogP contribution >= 0.6 is 0 Å². The standard InChI is InChI=1S/C10H15F3N4/c1-3-6(2)5-15-8-4-7(14)16-9(17-8)10(11,12)13/h4,6H,3,5H2,1-2H3,(H3,14,15,16,17). The van der Waals surface area contributed by atoms with Gasteiger partial charge in [0, 0.05) is 12.6 Å². The normalized spacial score (nSPS) is 13.5. The Bertz CT molecular complexity index is 378. The van der Waals surface area contributed by atoms with Gasteiger partial charge in [0.2, 0.25) is 5.82 Å². The number of aromatic nitrogens is 2. The summed E-state index contributed by atoms with van der Waals surface area (Å²) >= 11 is 0. The first-order chi connectivity index (χ1) is 7.82. The Labute approximate surface area is 97.4 Å². The highest BCUT2D eigenvalue weighted by molar-refractivity contribution is 5.44. The van der Waals surface area contributed by atoms with Crippen molar-refractivity contribution in [3.05, 3.63) is 11.9 Å². The zero-order valence-corrected chi connectivity index (χ0v) is 9.67. The predicted molar refractivity (Wildman–Crippen MR) is 59.4 cm³/mol. The molecule has 0 radical (unpaired) electrons. The van der Waals surface area contributed by atoms with E-state index in [4.69, 9.17) is 5.73 Å². The molecule has 1 aromatic rings. The van der Waals surface area contributed by atoms with Crippen molar-refractivity contribution in [1.29, 1.82) is 0 Å².